The van der Waals surface area contributed by atoms with Crippen LogP contribution in [0.25, 0.3) is 0 Å². The molecule has 1 rings (SSSR count). The molecule has 0 bridgehead atoms. The van der Waals surface area contributed by atoms with E-state index in [0.717, 1.165) is 25.9 Å². The number of aliphatic hydroxyl groups is 1. The number of aliphatic hydroxyl groups excluding tert-OH is 1. The van der Waals surface area contributed by atoms with Gasteiger partial charge < -0.3 is 10.8 Å². The van der Waals surface area contributed by atoms with Gasteiger partial charge in [0, 0.05) is 25.6 Å². The second-order valence-electron chi connectivity index (χ2n) is 4.53. The maximum Gasteiger partial charge on any atom is 0.0742 e. The fraction of sp³-hybridized carbons (Fsp3) is 0.909. The Kier molecular flexibility index (Phi) is 5.50. The van der Waals surface area contributed by atoms with Gasteiger partial charge in [0.2, 0.25) is 0 Å². The minimum absolute atomic E-state index is 0.308. The number of thiocarbonyl (C=S) groups is 1. The number of nitrogens with two attached hydrogens (primary N) is 1. The zero-order valence-electron chi connectivity index (χ0n) is 9.48. The van der Waals surface area contributed by atoms with Crippen molar-refractivity contribution in [1.29, 1.82) is 0 Å². The highest BCUT2D eigenvalue weighted by Gasteiger charge is 2.23. The topological polar surface area (TPSA) is 49.5 Å². The minimum atomic E-state index is 0.308. The van der Waals surface area contributed by atoms with Crippen molar-refractivity contribution in [3.8, 4) is 0 Å². The van der Waals surface area contributed by atoms with Gasteiger partial charge in [0.05, 0.1) is 4.99 Å². The van der Waals surface area contributed by atoms with Crippen LogP contribution in [0.5, 0.6) is 0 Å². The Morgan fingerprint density at radius 3 is 3.00 bits per heavy atom. The number of rotatable bonds is 5. The Balaban J connectivity index is 2.37. The van der Waals surface area contributed by atoms with Crippen LogP contribution in [0.15, 0.2) is 0 Å². The van der Waals surface area contributed by atoms with Gasteiger partial charge in [-0.05, 0) is 38.6 Å². The highest BCUT2D eigenvalue weighted by molar-refractivity contribution is 7.80. The van der Waals surface area contributed by atoms with Crippen molar-refractivity contribution < 1.29 is 5.11 Å². The van der Waals surface area contributed by atoms with Crippen molar-refractivity contribution in [1.82, 2.24) is 4.90 Å². The zero-order chi connectivity index (χ0) is 11.3. The maximum atomic E-state index is 8.93. The molecule has 2 atom stereocenters. The highest BCUT2D eigenvalue weighted by atomic mass is 32.1. The van der Waals surface area contributed by atoms with Gasteiger partial charge in [0.15, 0.2) is 0 Å². The molecule has 15 heavy (non-hydrogen) atoms. The number of nitrogens with zero attached hydrogens (tertiary/aromatic N) is 1. The molecule has 88 valence electrons. The van der Waals surface area contributed by atoms with E-state index < -0.39 is 0 Å². The molecule has 0 radical (unpaired) electrons. The first-order valence-corrected chi connectivity index (χ1v) is 6.17. The second kappa shape index (κ2) is 6.40. The summed E-state index contributed by atoms with van der Waals surface area (Å²) >= 11 is 4.93. The first-order valence-electron chi connectivity index (χ1n) is 5.76. The lowest BCUT2D eigenvalue weighted by atomic mass is 9.94. The van der Waals surface area contributed by atoms with E-state index >= 15 is 0 Å². The third kappa shape index (κ3) is 4.45. The normalized spacial score (nSPS) is 25.1. The van der Waals surface area contributed by atoms with E-state index in [-0.39, 0.29) is 0 Å². The first kappa shape index (κ1) is 12.9. The lowest BCUT2D eigenvalue weighted by Crippen LogP contribution is -2.42. The van der Waals surface area contributed by atoms with Crippen LogP contribution < -0.4 is 5.73 Å². The fourth-order valence-corrected chi connectivity index (χ4v) is 2.58. The van der Waals surface area contributed by atoms with Crippen molar-refractivity contribution >= 4 is 17.2 Å². The van der Waals surface area contributed by atoms with Gasteiger partial charge >= 0.3 is 0 Å². The summed E-state index contributed by atoms with van der Waals surface area (Å²) in [5.41, 5.74) is 5.56. The Hall–Kier alpha value is -0.190. The Bertz CT molecular complexity index is 209. The molecule has 4 heteroatoms. The van der Waals surface area contributed by atoms with Crippen LogP contribution >= 0.6 is 12.2 Å². The summed E-state index contributed by atoms with van der Waals surface area (Å²) in [5, 5.41) is 8.93. The van der Waals surface area contributed by atoms with Crippen LogP contribution in [0.1, 0.15) is 32.6 Å². The van der Waals surface area contributed by atoms with Crippen LogP contribution in [0.2, 0.25) is 0 Å². The first-order chi connectivity index (χ1) is 7.13. The van der Waals surface area contributed by atoms with Crippen LogP contribution in [0.3, 0.4) is 0 Å². The second-order valence-corrected chi connectivity index (χ2v) is 5.06. The molecule has 0 aromatic rings. The summed E-state index contributed by atoms with van der Waals surface area (Å²) in [7, 11) is 0. The molecule has 0 aromatic carbocycles. The van der Waals surface area contributed by atoms with Crippen molar-refractivity contribution in [3.63, 3.8) is 0 Å². The summed E-state index contributed by atoms with van der Waals surface area (Å²) in [6.07, 6.45) is 4.21. The smallest absolute Gasteiger partial charge is 0.0742 e. The predicted octanol–water partition coefficient (Wildman–Crippen LogP) is 1.15. The summed E-state index contributed by atoms with van der Waals surface area (Å²) in [6, 6.07) is 0.448. The van der Waals surface area contributed by atoms with E-state index in [4.69, 9.17) is 23.1 Å². The lowest BCUT2D eigenvalue weighted by molar-refractivity contribution is 0.117. The maximum absolute atomic E-state index is 8.93. The van der Waals surface area contributed by atoms with E-state index in [2.05, 4.69) is 11.8 Å². The van der Waals surface area contributed by atoms with Crippen LogP contribution in [-0.4, -0.2) is 40.7 Å². The number of hydrogen-bond acceptors (Lipinski definition) is 3. The number of hydrogen-bond donors (Lipinski definition) is 2. The van der Waals surface area contributed by atoms with E-state index in [9.17, 15) is 0 Å². The quantitative estimate of drug-likeness (QED) is 0.696. The van der Waals surface area contributed by atoms with Crippen LogP contribution in [0, 0.1) is 5.92 Å². The lowest BCUT2D eigenvalue weighted by Gasteiger charge is -2.36. The number of piperidine rings is 1. The molecule has 3 nitrogen and oxygen atoms in total. The van der Waals surface area contributed by atoms with Crippen LogP contribution in [0.4, 0.5) is 0 Å². The van der Waals surface area contributed by atoms with Crippen molar-refractivity contribution in [3.05, 3.63) is 0 Å². The van der Waals surface area contributed by atoms with Gasteiger partial charge in [-0.3, -0.25) is 4.90 Å². The molecule has 1 saturated heterocycles. The molecular weight excluding hydrogens is 208 g/mol. The molecule has 0 aliphatic carbocycles. The molecular formula is C11H22N2OS. The summed E-state index contributed by atoms with van der Waals surface area (Å²) < 4.78 is 0. The molecule has 0 spiro atoms. The molecule has 0 aromatic heterocycles. The van der Waals surface area contributed by atoms with Gasteiger partial charge in [-0.15, -0.1) is 0 Å². The van der Waals surface area contributed by atoms with Crippen molar-refractivity contribution in [2.75, 3.05) is 19.7 Å². The highest BCUT2D eigenvalue weighted by Crippen LogP contribution is 2.21. The third-order valence-electron chi connectivity index (χ3n) is 3.21. The largest absolute Gasteiger partial charge is 0.396 e. The van der Waals surface area contributed by atoms with Crippen molar-refractivity contribution in [2.24, 2.45) is 11.7 Å². The summed E-state index contributed by atoms with van der Waals surface area (Å²) in [4.78, 5) is 3.05. The molecule has 2 unspecified atom stereocenters. The van der Waals surface area contributed by atoms with E-state index in [1.165, 1.54) is 12.8 Å². The third-order valence-corrected chi connectivity index (χ3v) is 3.37. The Labute approximate surface area is 97.6 Å². The standard InChI is InChI=1S/C11H22N2OS/c1-9(7-11(12)15)13-5-2-3-10(8-13)4-6-14/h9-10,14H,2-8H2,1H3,(H2,12,15). The predicted molar refractivity (Wildman–Crippen MR) is 66.9 cm³/mol. The molecule has 1 aliphatic rings. The SMILES string of the molecule is CC(CC(N)=S)N1CCCC(CCO)C1. The number of likely N-dealkylation sites (tertiary alicyclic amines) is 1. The fourth-order valence-electron chi connectivity index (χ4n) is 2.34. The van der Waals surface area contributed by atoms with Crippen LogP contribution in [-0.2, 0) is 0 Å². The van der Waals surface area contributed by atoms with Gasteiger partial charge in [-0.25, -0.2) is 0 Å². The zero-order valence-corrected chi connectivity index (χ0v) is 10.3. The molecule has 3 N–H and O–H groups in total. The molecule has 1 fully saturated rings. The van der Waals surface area contributed by atoms with Gasteiger partial charge in [0.1, 0.15) is 0 Å². The average Bonchev–Trinajstić information content (AvgIpc) is 2.17. The summed E-state index contributed by atoms with van der Waals surface area (Å²) in [6.45, 7) is 4.72. The Morgan fingerprint density at radius 2 is 2.40 bits per heavy atom. The van der Waals surface area contributed by atoms with Gasteiger partial charge in [-0.1, -0.05) is 12.2 Å². The monoisotopic (exact) mass is 230 g/mol. The van der Waals surface area contributed by atoms with Gasteiger partial charge in [0.25, 0.3) is 0 Å². The summed E-state index contributed by atoms with van der Waals surface area (Å²) in [5.74, 6) is 0.651. The van der Waals surface area contributed by atoms with E-state index in [1.54, 1.807) is 0 Å². The van der Waals surface area contributed by atoms with Crippen molar-refractivity contribution in [2.45, 2.75) is 38.6 Å². The Morgan fingerprint density at radius 1 is 1.67 bits per heavy atom. The molecule has 0 amide bonds. The van der Waals surface area contributed by atoms with Gasteiger partial charge in [-0.2, -0.15) is 0 Å². The minimum Gasteiger partial charge on any atom is -0.396 e. The molecule has 1 aliphatic heterocycles. The van der Waals surface area contributed by atoms with E-state index in [0.29, 0.717) is 23.6 Å². The molecule has 0 saturated carbocycles. The average molecular weight is 230 g/mol. The van der Waals surface area contributed by atoms with E-state index in [1.807, 2.05) is 0 Å². The molecule has 1 heterocycles.